The highest BCUT2D eigenvalue weighted by atomic mass is 16.2. The second-order valence-corrected chi connectivity index (χ2v) is 9.61. The molecular formula is C26H27N5O. The first-order valence-corrected chi connectivity index (χ1v) is 11.5. The van der Waals surface area contributed by atoms with Gasteiger partial charge in [0.05, 0.1) is 29.9 Å². The van der Waals surface area contributed by atoms with E-state index in [2.05, 4.69) is 68.4 Å². The Hall–Kier alpha value is -3.41. The molecule has 6 heteroatoms. The maximum absolute atomic E-state index is 12.7. The van der Waals surface area contributed by atoms with E-state index in [0.29, 0.717) is 6.04 Å². The van der Waals surface area contributed by atoms with Crippen LogP contribution in [0, 0.1) is 5.92 Å². The third-order valence-corrected chi connectivity index (χ3v) is 7.24. The second-order valence-electron chi connectivity index (χ2n) is 9.61. The molecule has 162 valence electrons. The molecule has 0 bridgehead atoms. The molecule has 0 aliphatic heterocycles. The minimum Gasteiger partial charge on any atom is -0.351 e. The first-order valence-electron chi connectivity index (χ1n) is 11.5. The van der Waals surface area contributed by atoms with Crippen molar-refractivity contribution in [2.75, 3.05) is 0 Å². The predicted octanol–water partition coefficient (Wildman–Crippen LogP) is 5.10. The largest absolute Gasteiger partial charge is 0.351 e. The minimum atomic E-state index is 0.0534. The normalized spacial score (nSPS) is 21.7. The quantitative estimate of drug-likeness (QED) is 0.467. The van der Waals surface area contributed by atoms with E-state index < -0.39 is 0 Å². The van der Waals surface area contributed by atoms with Crippen LogP contribution in [-0.2, 0) is 4.79 Å². The van der Waals surface area contributed by atoms with E-state index in [9.17, 15) is 4.79 Å². The third-order valence-electron chi connectivity index (χ3n) is 7.24. The van der Waals surface area contributed by atoms with E-state index in [1.807, 2.05) is 24.8 Å². The van der Waals surface area contributed by atoms with Gasteiger partial charge in [-0.05, 0) is 61.8 Å². The number of aromatic nitrogens is 4. The van der Waals surface area contributed by atoms with E-state index in [4.69, 9.17) is 0 Å². The number of rotatable bonds is 5. The Labute approximate surface area is 187 Å². The van der Waals surface area contributed by atoms with Crippen molar-refractivity contribution in [3.05, 3.63) is 61.2 Å². The van der Waals surface area contributed by atoms with E-state index in [0.717, 1.165) is 59.8 Å². The fourth-order valence-electron chi connectivity index (χ4n) is 5.02. The minimum absolute atomic E-state index is 0.0534. The molecule has 1 amide bonds. The summed E-state index contributed by atoms with van der Waals surface area (Å²) in [5, 5.41) is 11.6. The molecule has 0 radical (unpaired) electrons. The Bertz CT molecular complexity index is 1280. The Morgan fingerprint density at radius 1 is 1.09 bits per heavy atom. The predicted molar refractivity (Wildman–Crippen MR) is 125 cm³/mol. The Balaban J connectivity index is 1.22. The van der Waals surface area contributed by atoms with Gasteiger partial charge in [0.2, 0.25) is 5.91 Å². The van der Waals surface area contributed by atoms with Gasteiger partial charge >= 0.3 is 0 Å². The van der Waals surface area contributed by atoms with Gasteiger partial charge in [-0.15, -0.1) is 0 Å². The van der Waals surface area contributed by atoms with Crippen LogP contribution >= 0.6 is 0 Å². The number of hydrogen-bond acceptors (Lipinski definition) is 3. The van der Waals surface area contributed by atoms with Gasteiger partial charge < -0.3 is 9.88 Å². The lowest BCUT2D eigenvalue weighted by atomic mass is 10.00. The lowest BCUT2D eigenvalue weighted by Crippen LogP contribution is -2.38. The van der Waals surface area contributed by atoms with Crippen molar-refractivity contribution in [1.29, 1.82) is 0 Å². The smallest absolute Gasteiger partial charge is 0.223 e. The van der Waals surface area contributed by atoms with E-state index >= 15 is 0 Å². The zero-order chi connectivity index (χ0) is 21.7. The van der Waals surface area contributed by atoms with Gasteiger partial charge in [-0.25, -0.2) is 4.98 Å². The van der Waals surface area contributed by atoms with Crippen molar-refractivity contribution in [2.45, 2.75) is 50.6 Å². The molecule has 6 rings (SSSR count). The first-order chi connectivity index (χ1) is 15.6. The van der Waals surface area contributed by atoms with E-state index in [-0.39, 0.29) is 17.4 Å². The average Bonchev–Trinajstić information content (AvgIpc) is 3.29. The summed E-state index contributed by atoms with van der Waals surface area (Å²) < 4.78 is 2.26. The van der Waals surface area contributed by atoms with E-state index in [1.54, 1.807) is 0 Å². The van der Waals surface area contributed by atoms with Crippen molar-refractivity contribution in [3.63, 3.8) is 0 Å². The molecule has 2 aromatic heterocycles. The fourth-order valence-corrected chi connectivity index (χ4v) is 5.02. The van der Waals surface area contributed by atoms with E-state index in [1.165, 1.54) is 5.56 Å². The summed E-state index contributed by atoms with van der Waals surface area (Å²) in [6.07, 6.45) is 10.8. The van der Waals surface area contributed by atoms with Crippen LogP contribution in [0.25, 0.3) is 33.3 Å². The number of nitrogens with one attached hydrogen (secondary N) is 2. The van der Waals surface area contributed by atoms with Crippen molar-refractivity contribution in [1.82, 2.24) is 25.1 Å². The molecular weight excluding hydrogens is 398 g/mol. The average molecular weight is 426 g/mol. The number of carbonyl (C=O) groups is 1. The van der Waals surface area contributed by atoms with Gasteiger partial charge in [0.15, 0.2) is 0 Å². The van der Waals surface area contributed by atoms with Crippen molar-refractivity contribution in [3.8, 4) is 22.4 Å². The molecule has 1 unspecified atom stereocenters. The van der Waals surface area contributed by atoms with Gasteiger partial charge in [-0.2, -0.15) is 5.10 Å². The lowest BCUT2D eigenvalue weighted by molar-refractivity contribution is -0.125. The summed E-state index contributed by atoms with van der Waals surface area (Å²) >= 11 is 0. The Morgan fingerprint density at radius 3 is 2.72 bits per heavy atom. The zero-order valence-corrected chi connectivity index (χ0v) is 18.2. The molecule has 32 heavy (non-hydrogen) atoms. The van der Waals surface area contributed by atoms with Crippen LogP contribution in [0.1, 0.15) is 45.1 Å². The molecule has 2 aliphatic rings. The standard InChI is InChI=1S/C26H27N5O/c1-26(11-12-26)29-25(32)19-9-10-20(13-19)31-16-27-15-24(31)18-7-5-17(6-8-18)21-3-2-4-23-22(21)14-28-30-23/h2-8,14-16,19-20H,9-13H2,1H3,(H,28,30)(H,29,32)/t19?,20-/m1/s1. The van der Waals surface area contributed by atoms with Gasteiger partial charge in [0.25, 0.3) is 0 Å². The third kappa shape index (κ3) is 3.40. The molecule has 2 aliphatic carbocycles. The summed E-state index contributed by atoms with van der Waals surface area (Å²) in [4.78, 5) is 17.1. The second kappa shape index (κ2) is 7.33. The molecule has 2 heterocycles. The van der Waals surface area contributed by atoms with Crippen molar-refractivity contribution in [2.24, 2.45) is 5.92 Å². The highest BCUT2D eigenvalue weighted by Gasteiger charge is 2.41. The zero-order valence-electron chi connectivity index (χ0n) is 18.2. The molecule has 4 aromatic rings. The van der Waals surface area contributed by atoms with Crippen LogP contribution in [0.5, 0.6) is 0 Å². The molecule has 2 saturated carbocycles. The maximum Gasteiger partial charge on any atom is 0.223 e. The number of benzene rings is 2. The number of aromatic amines is 1. The molecule has 2 aromatic carbocycles. The summed E-state index contributed by atoms with van der Waals surface area (Å²) in [6, 6.07) is 15.2. The Kier molecular flexibility index (Phi) is 4.42. The molecule has 0 saturated heterocycles. The van der Waals surface area contributed by atoms with Gasteiger partial charge in [0, 0.05) is 22.9 Å². The fraction of sp³-hybridized carbons (Fsp3) is 0.346. The van der Waals surface area contributed by atoms with Crippen LogP contribution in [0.3, 0.4) is 0 Å². The van der Waals surface area contributed by atoms with Gasteiger partial charge in [-0.3, -0.25) is 9.89 Å². The highest BCUT2D eigenvalue weighted by molar-refractivity contribution is 5.94. The van der Waals surface area contributed by atoms with Crippen molar-refractivity contribution < 1.29 is 4.79 Å². The number of imidazole rings is 1. The summed E-state index contributed by atoms with van der Waals surface area (Å²) in [7, 11) is 0. The van der Waals surface area contributed by atoms with Crippen LogP contribution in [0.2, 0.25) is 0 Å². The summed E-state index contributed by atoms with van der Waals surface area (Å²) in [5.41, 5.74) is 5.68. The summed E-state index contributed by atoms with van der Waals surface area (Å²) in [6.45, 7) is 2.14. The van der Waals surface area contributed by atoms with Crippen LogP contribution < -0.4 is 5.32 Å². The number of carbonyl (C=O) groups excluding carboxylic acids is 1. The van der Waals surface area contributed by atoms with Gasteiger partial charge in [0.1, 0.15) is 0 Å². The Morgan fingerprint density at radius 2 is 1.91 bits per heavy atom. The number of H-pyrrole nitrogens is 1. The molecule has 0 spiro atoms. The molecule has 2 atom stereocenters. The van der Waals surface area contributed by atoms with Gasteiger partial charge in [-0.1, -0.05) is 36.4 Å². The van der Waals surface area contributed by atoms with Crippen LogP contribution in [-0.4, -0.2) is 31.2 Å². The molecule has 6 nitrogen and oxygen atoms in total. The number of hydrogen-bond donors (Lipinski definition) is 2. The monoisotopic (exact) mass is 425 g/mol. The number of fused-ring (bicyclic) bond motifs is 1. The van der Waals surface area contributed by atoms with Crippen molar-refractivity contribution >= 4 is 16.8 Å². The van der Waals surface area contributed by atoms with Crippen LogP contribution in [0.15, 0.2) is 61.2 Å². The number of amides is 1. The SMILES string of the molecule is CC1(NC(=O)C2CC[C@@H](n3cncc3-c3ccc(-c4cccc5[nH]ncc45)cc3)C2)CC1. The topological polar surface area (TPSA) is 75.6 Å². The summed E-state index contributed by atoms with van der Waals surface area (Å²) in [5.74, 6) is 0.331. The lowest BCUT2D eigenvalue weighted by Gasteiger charge is -2.18. The first kappa shape index (κ1) is 19.3. The maximum atomic E-state index is 12.7. The molecule has 2 N–H and O–H groups in total. The number of nitrogens with zero attached hydrogens (tertiary/aromatic N) is 3. The highest BCUT2D eigenvalue weighted by Crippen LogP contribution is 2.40. The molecule has 2 fully saturated rings. The van der Waals surface area contributed by atoms with Crippen LogP contribution in [0.4, 0.5) is 0 Å².